The molecule has 0 atom stereocenters. The molecule has 2 aliphatic rings. The maximum Gasteiger partial charge on any atom is 0.178 e. The average molecular weight is 585 g/mol. The Bertz CT molecular complexity index is 1320. The molecule has 4 rings (SSSR count). The summed E-state index contributed by atoms with van der Waals surface area (Å²) in [4.78, 5) is 5.44. The maximum absolute atomic E-state index is 13.1. The first-order valence-electron chi connectivity index (χ1n) is 14.7. The molecule has 2 aromatic carbocycles. The van der Waals surface area contributed by atoms with Gasteiger partial charge in [0.15, 0.2) is 19.7 Å². The van der Waals surface area contributed by atoms with E-state index in [0.717, 1.165) is 76.1 Å². The van der Waals surface area contributed by atoms with Gasteiger partial charge in [-0.25, -0.2) is 16.8 Å². The smallest absolute Gasteiger partial charge is 0.178 e. The zero-order chi connectivity index (χ0) is 28.6. The summed E-state index contributed by atoms with van der Waals surface area (Å²) >= 11 is 0. The predicted molar refractivity (Wildman–Crippen MR) is 165 cm³/mol. The number of benzene rings is 2. The monoisotopic (exact) mass is 584 g/mol. The van der Waals surface area contributed by atoms with Crippen LogP contribution in [0.25, 0.3) is 11.1 Å². The number of hydrogen-bond acceptors (Lipinski definition) is 6. The Morgan fingerprint density at radius 1 is 0.650 bits per heavy atom. The summed E-state index contributed by atoms with van der Waals surface area (Å²) in [5, 5.41) is 0. The normalized spacial score (nSPS) is 17.4. The standard InChI is InChI=1S/C32H44N2O4S2/c1-3-17-33-19-13-27(14-20-33)29-9-7-11-31(25-29)39(35,36)23-5-6-24-40(37,38)32-12-8-10-30(26-32)28-15-21-34(18-4-2)22-16-28/h7-13,15,25-26H,3-6,14,16-24H2,1-2H3. The van der Waals surface area contributed by atoms with Gasteiger partial charge in [0.25, 0.3) is 0 Å². The number of rotatable bonds is 13. The van der Waals surface area contributed by atoms with Crippen LogP contribution in [0.1, 0.15) is 63.5 Å². The molecule has 2 heterocycles. The minimum absolute atomic E-state index is 0.0590. The number of unbranched alkanes of at least 4 members (excludes halogenated alkanes) is 1. The highest BCUT2D eigenvalue weighted by Gasteiger charge is 2.20. The van der Waals surface area contributed by atoms with E-state index >= 15 is 0 Å². The zero-order valence-electron chi connectivity index (χ0n) is 24.0. The van der Waals surface area contributed by atoms with Crippen molar-refractivity contribution in [1.82, 2.24) is 9.80 Å². The van der Waals surface area contributed by atoms with Crippen molar-refractivity contribution in [3.63, 3.8) is 0 Å². The molecule has 0 fully saturated rings. The molecule has 6 nitrogen and oxygen atoms in total. The maximum atomic E-state index is 13.1. The number of sulfone groups is 2. The summed E-state index contributed by atoms with van der Waals surface area (Å²) in [7, 11) is -6.99. The van der Waals surface area contributed by atoms with Crippen molar-refractivity contribution >= 4 is 30.8 Å². The van der Waals surface area contributed by atoms with Crippen LogP contribution in [0.3, 0.4) is 0 Å². The van der Waals surface area contributed by atoms with Crippen LogP contribution < -0.4 is 0 Å². The minimum atomic E-state index is -3.50. The quantitative estimate of drug-likeness (QED) is 0.281. The topological polar surface area (TPSA) is 74.8 Å². The highest BCUT2D eigenvalue weighted by molar-refractivity contribution is 7.91. The third-order valence-electron chi connectivity index (χ3n) is 7.87. The van der Waals surface area contributed by atoms with Crippen LogP contribution in [-0.2, 0) is 19.7 Å². The molecule has 8 heteroatoms. The third-order valence-corrected chi connectivity index (χ3v) is 11.5. The van der Waals surface area contributed by atoms with Gasteiger partial charge in [0.1, 0.15) is 0 Å². The zero-order valence-corrected chi connectivity index (χ0v) is 25.6. The highest BCUT2D eigenvalue weighted by Crippen LogP contribution is 2.27. The summed E-state index contributed by atoms with van der Waals surface area (Å²) < 4.78 is 52.4. The van der Waals surface area contributed by atoms with Crippen LogP contribution in [0, 0.1) is 0 Å². The lowest BCUT2D eigenvalue weighted by molar-refractivity contribution is 0.302. The second kappa shape index (κ2) is 14.1. The van der Waals surface area contributed by atoms with Crippen molar-refractivity contribution in [3.05, 3.63) is 71.8 Å². The fraction of sp³-hybridized carbons (Fsp3) is 0.500. The molecule has 0 aliphatic carbocycles. The molecule has 0 N–H and O–H groups in total. The van der Waals surface area contributed by atoms with Gasteiger partial charge in [-0.2, -0.15) is 0 Å². The first-order valence-corrected chi connectivity index (χ1v) is 18.0. The number of nitrogens with zero attached hydrogens (tertiary/aromatic N) is 2. The predicted octanol–water partition coefficient (Wildman–Crippen LogP) is 5.71. The average Bonchev–Trinajstić information content (AvgIpc) is 2.97. The van der Waals surface area contributed by atoms with E-state index in [0.29, 0.717) is 22.6 Å². The molecule has 0 spiro atoms. The van der Waals surface area contributed by atoms with E-state index in [1.807, 2.05) is 24.3 Å². The van der Waals surface area contributed by atoms with Crippen molar-refractivity contribution in [2.45, 2.75) is 62.2 Å². The molecule has 2 aromatic rings. The lowest BCUT2D eigenvalue weighted by atomic mass is 9.99. The fourth-order valence-electron chi connectivity index (χ4n) is 5.58. The molecule has 0 aromatic heterocycles. The molecule has 0 saturated carbocycles. The summed E-state index contributed by atoms with van der Waals surface area (Å²) in [5.74, 6) is -0.118. The molecular formula is C32H44N2O4S2. The summed E-state index contributed by atoms with van der Waals surface area (Å²) in [6.07, 6.45) is 9.10. The van der Waals surface area contributed by atoms with Gasteiger partial charge in [-0.15, -0.1) is 0 Å². The Morgan fingerprint density at radius 3 is 1.43 bits per heavy atom. The first-order chi connectivity index (χ1) is 19.2. The molecule has 0 amide bonds. The van der Waals surface area contributed by atoms with Crippen LogP contribution in [0.15, 0.2) is 70.5 Å². The van der Waals surface area contributed by atoms with Crippen molar-refractivity contribution in [1.29, 1.82) is 0 Å². The Hall–Kier alpha value is -2.26. The Balaban J connectivity index is 1.33. The van der Waals surface area contributed by atoms with Crippen molar-refractivity contribution < 1.29 is 16.8 Å². The lowest BCUT2D eigenvalue weighted by Gasteiger charge is -2.26. The fourth-order valence-corrected chi connectivity index (χ4v) is 8.41. The molecule has 0 saturated heterocycles. The van der Waals surface area contributed by atoms with Gasteiger partial charge in [0.05, 0.1) is 21.3 Å². The Kier molecular flexibility index (Phi) is 10.8. The van der Waals surface area contributed by atoms with Crippen molar-refractivity contribution in [3.8, 4) is 0 Å². The number of hydrogen-bond donors (Lipinski definition) is 0. The summed E-state index contributed by atoms with van der Waals surface area (Å²) in [5.41, 5.74) is 4.32. The first kappa shape index (κ1) is 30.7. The van der Waals surface area contributed by atoms with E-state index in [4.69, 9.17) is 0 Å². The van der Waals surface area contributed by atoms with Gasteiger partial charge in [0, 0.05) is 26.2 Å². The summed E-state index contributed by atoms with van der Waals surface area (Å²) in [6.45, 7) is 10.3. The molecule has 2 aliphatic heterocycles. The minimum Gasteiger partial charge on any atom is -0.299 e. The molecule has 0 unspecified atom stereocenters. The van der Waals surface area contributed by atoms with Gasteiger partial charge >= 0.3 is 0 Å². The van der Waals surface area contributed by atoms with Crippen LogP contribution in [0.4, 0.5) is 0 Å². The van der Waals surface area contributed by atoms with Gasteiger partial charge < -0.3 is 0 Å². The van der Waals surface area contributed by atoms with Crippen LogP contribution in [0.2, 0.25) is 0 Å². The van der Waals surface area contributed by atoms with E-state index < -0.39 is 19.7 Å². The van der Waals surface area contributed by atoms with E-state index in [9.17, 15) is 16.8 Å². The molecule has 0 bridgehead atoms. The van der Waals surface area contributed by atoms with Gasteiger partial charge in [-0.05, 0) is 98.2 Å². The van der Waals surface area contributed by atoms with Crippen molar-refractivity contribution in [2.24, 2.45) is 0 Å². The largest absolute Gasteiger partial charge is 0.299 e. The summed E-state index contributed by atoms with van der Waals surface area (Å²) in [6, 6.07) is 14.4. The Labute approximate surface area is 241 Å². The van der Waals surface area contributed by atoms with Crippen molar-refractivity contribution in [2.75, 3.05) is 50.8 Å². The molecule has 218 valence electrons. The highest BCUT2D eigenvalue weighted by atomic mass is 32.2. The lowest BCUT2D eigenvalue weighted by Crippen LogP contribution is -2.29. The van der Waals surface area contributed by atoms with Crippen LogP contribution in [-0.4, -0.2) is 77.4 Å². The van der Waals surface area contributed by atoms with Gasteiger partial charge in [-0.3, -0.25) is 9.80 Å². The van der Waals surface area contributed by atoms with E-state index in [-0.39, 0.29) is 11.5 Å². The van der Waals surface area contributed by atoms with Crippen LogP contribution >= 0.6 is 0 Å². The second-order valence-electron chi connectivity index (χ2n) is 11.0. The molecule has 40 heavy (non-hydrogen) atoms. The Morgan fingerprint density at radius 2 is 1.07 bits per heavy atom. The molecule has 0 radical (unpaired) electrons. The van der Waals surface area contributed by atoms with E-state index in [1.165, 1.54) is 11.1 Å². The van der Waals surface area contributed by atoms with Gasteiger partial charge in [0.2, 0.25) is 0 Å². The second-order valence-corrected chi connectivity index (χ2v) is 15.2. The van der Waals surface area contributed by atoms with E-state index in [2.05, 4.69) is 35.8 Å². The van der Waals surface area contributed by atoms with E-state index in [1.54, 1.807) is 24.3 Å². The SMILES string of the molecule is CCCN1CC=C(c2cccc(S(=O)(=O)CCCCS(=O)(=O)c3cccc(C4=CCN(CCC)CC4)c3)c2)CC1. The third kappa shape index (κ3) is 8.15. The van der Waals surface area contributed by atoms with Gasteiger partial charge in [-0.1, -0.05) is 50.3 Å². The molecular weight excluding hydrogens is 540 g/mol. The van der Waals surface area contributed by atoms with Crippen LogP contribution in [0.5, 0.6) is 0 Å².